The van der Waals surface area contributed by atoms with Crippen LogP contribution in [0.4, 0.5) is 8.63 Å². The molecule has 0 N–H and O–H groups in total. The molecule has 0 atom stereocenters. The standard InChI is InChI=1S/C16H13BF2O2/c1-12-7-9-14(10-8-12)16(21-17(18)19)11-15(20)13-5-3-2-4-6-13/h2-11H,1H3/b16-11-. The number of aryl methyl sites for hydroxylation is 1. The summed E-state index contributed by atoms with van der Waals surface area (Å²) in [6, 6.07) is 15.2. The number of hydrogen-bond acceptors (Lipinski definition) is 2. The number of halogens is 2. The van der Waals surface area contributed by atoms with Crippen molar-refractivity contribution in [3.8, 4) is 0 Å². The average molecular weight is 286 g/mol. The maximum atomic E-state index is 12.5. The van der Waals surface area contributed by atoms with Gasteiger partial charge in [0.15, 0.2) is 5.78 Å². The molecule has 5 heteroatoms. The summed E-state index contributed by atoms with van der Waals surface area (Å²) in [5.74, 6) is -0.523. The zero-order chi connectivity index (χ0) is 15.2. The van der Waals surface area contributed by atoms with E-state index in [9.17, 15) is 13.4 Å². The van der Waals surface area contributed by atoms with E-state index in [1.165, 1.54) is 0 Å². The van der Waals surface area contributed by atoms with E-state index in [0.29, 0.717) is 11.1 Å². The molecule has 2 nitrogen and oxygen atoms in total. The van der Waals surface area contributed by atoms with E-state index in [2.05, 4.69) is 4.65 Å². The highest BCUT2D eigenvalue weighted by atomic mass is 19.2. The second-order valence-corrected chi connectivity index (χ2v) is 4.48. The van der Waals surface area contributed by atoms with E-state index in [4.69, 9.17) is 0 Å². The second-order valence-electron chi connectivity index (χ2n) is 4.48. The predicted octanol–water partition coefficient (Wildman–Crippen LogP) is 4.16. The van der Waals surface area contributed by atoms with Crippen LogP contribution in [0.1, 0.15) is 21.5 Å². The molecule has 0 heterocycles. The van der Waals surface area contributed by atoms with Crippen molar-refractivity contribution >= 4 is 19.0 Å². The number of rotatable bonds is 5. The molecule has 2 aromatic rings. The van der Waals surface area contributed by atoms with Gasteiger partial charge < -0.3 is 4.65 Å². The Morgan fingerprint density at radius 3 is 2.19 bits per heavy atom. The summed E-state index contributed by atoms with van der Waals surface area (Å²) in [5.41, 5.74) is 1.84. The highest BCUT2D eigenvalue weighted by Gasteiger charge is 2.21. The number of ketones is 1. The minimum absolute atomic E-state index is 0.140. The Morgan fingerprint density at radius 1 is 1.00 bits per heavy atom. The van der Waals surface area contributed by atoms with Gasteiger partial charge in [0.25, 0.3) is 0 Å². The third-order valence-electron chi connectivity index (χ3n) is 2.87. The van der Waals surface area contributed by atoms with Crippen molar-refractivity contribution in [2.75, 3.05) is 0 Å². The van der Waals surface area contributed by atoms with Crippen molar-refractivity contribution in [2.45, 2.75) is 6.92 Å². The predicted molar refractivity (Wildman–Crippen MR) is 79.0 cm³/mol. The lowest BCUT2D eigenvalue weighted by Gasteiger charge is -2.09. The molecule has 0 aliphatic rings. The molecule has 0 spiro atoms. The first kappa shape index (κ1) is 15.0. The Hall–Kier alpha value is -2.43. The molecule has 0 aromatic heterocycles. The van der Waals surface area contributed by atoms with Crippen molar-refractivity contribution in [1.82, 2.24) is 0 Å². The Bertz CT molecular complexity index is 637. The van der Waals surface area contributed by atoms with E-state index < -0.39 is 7.47 Å². The van der Waals surface area contributed by atoms with Crippen LogP contribution in [0.25, 0.3) is 5.76 Å². The quantitative estimate of drug-likeness (QED) is 0.357. The molecule has 21 heavy (non-hydrogen) atoms. The van der Waals surface area contributed by atoms with Crippen LogP contribution < -0.4 is 0 Å². The fraction of sp³-hybridized carbons (Fsp3) is 0.0625. The number of carbonyl (C=O) groups excluding carboxylic acids is 1. The highest BCUT2D eigenvalue weighted by Crippen LogP contribution is 2.19. The van der Waals surface area contributed by atoms with Crippen molar-refractivity contribution < 1.29 is 18.1 Å². The van der Waals surface area contributed by atoms with Crippen LogP contribution in [0.15, 0.2) is 60.7 Å². The van der Waals surface area contributed by atoms with Crippen LogP contribution in [0, 0.1) is 6.92 Å². The van der Waals surface area contributed by atoms with Gasteiger partial charge in [0.1, 0.15) is 5.76 Å². The topological polar surface area (TPSA) is 26.3 Å². The fourth-order valence-corrected chi connectivity index (χ4v) is 1.80. The minimum atomic E-state index is -2.99. The zero-order valence-corrected chi connectivity index (χ0v) is 11.4. The Morgan fingerprint density at radius 2 is 1.62 bits per heavy atom. The summed E-state index contributed by atoms with van der Waals surface area (Å²) in [6.07, 6.45) is 1.09. The summed E-state index contributed by atoms with van der Waals surface area (Å²) in [7, 11) is -2.99. The normalized spacial score (nSPS) is 11.1. The third kappa shape index (κ3) is 4.28. The molecule has 0 aliphatic heterocycles. The second kappa shape index (κ2) is 6.84. The number of benzene rings is 2. The molecule has 0 saturated carbocycles. The molecule has 2 rings (SSSR count). The molecule has 0 amide bonds. The van der Waals surface area contributed by atoms with Gasteiger partial charge in [-0.05, 0) is 6.92 Å². The third-order valence-corrected chi connectivity index (χ3v) is 2.87. The van der Waals surface area contributed by atoms with Crippen LogP contribution in [0.3, 0.4) is 0 Å². The Kier molecular flexibility index (Phi) is 4.87. The highest BCUT2D eigenvalue weighted by molar-refractivity contribution is 6.36. The van der Waals surface area contributed by atoms with Crippen molar-refractivity contribution in [3.05, 3.63) is 77.4 Å². The van der Waals surface area contributed by atoms with Gasteiger partial charge >= 0.3 is 7.47 Å². The molecular weight excluding hydrogens is 273 g/mol. The first-order valence-corrected chi connectivity index (χ1v) is 6.39. The molecule has 0 unspecified atom stereocenters. The van der Waals surface area contributed by atoms with Gasteiger partial charge in [-0.25, -0.2) is 8.63 Å². The maximum Gasteiger partial charge on any atom is 0.796 e. The van der Waals surface area contributed by atoms with E-state index in [1.54, 1.807) is 54.6 Å². The largest absolute Gasteiger partial charge is 0.796 e. The van der Waals surface area contributed by atoms with Crippen LogP contribution >= 0.6 is 0 Å². The molecule has 0 saturated heterocycles. The van der Waals surface area contributed by atoms with E-state index in [-0.39, 0.29) is 11.5 Å². The van der Waals surface area contributed by atoms with Crippen molar-refractivity contribution in [2.24, 2.45) is 0 Å². The number of allylic oxidation sites excluding steroid dienone is 1. The van der Waals surface area contributed by atoms with Gasteiger partial charge in [-0.3, -0.25) is 4.79 Å². The summed E-state index contributed by atoms with van der Waals surface area (Å²) < 4.78 is 29.5. The van der Waals surface area contributed by atoms with Gasteiger partial charge in [-0.1, -0.05) is 60.2 Å². The van der Waals surface area contributed by atoms with Crippen molar-refractivity contribution in [3.63, 3.8) is 0 Å². The van der Waals surface area contributed by atoms with E-state index >= 15 is 0 Å². The number of carbonyl (C=O) groups is 1. The van der Waals surface area contributed by atoms with Gasteiger partial charge in [-0.15, -0.1) is 0 Å². The lowest BCUT2D eigenvalue weighted by molar-refractivity contribution is 0.104. The minimum Gasteiger partial charge on any atom is -0.505 e. The lowest BCUT2D eigenvalue weighted by Crippen LogP contribution is -2.06. The Balaban J connectivity index is 2.33. The average Bonchev–Trinajstić information content (AvgIpc) is 2.48. The van der Waals surface area contributed by atoms with Crippen LogP contribution in [0.2, 0.25) is 0 Å². The summed E-state index contributed by atoms with van der Waals surface area (Å²) in [4.78, 5) is 12.1. The summed E-state index contributed by atoms with van der Waals surface area (Å²) in [5, 5.41) is 0. The van der Waals surface area contributed by atoms with Crippen molar-refractivity contribution in [1.29, 1.82) is 0 Å². The van der Waals surface area contributed by atoms with E-state index in [0.717, 1.165) is 11.6 Å². The van der Waals surface area contributed by atoms with Gasteiger partial charge in [0.2, 0.25) is 0 Å². The molecule has 0 aliphatic carbocycles. The van der Waals surface area contributed by atoms with E-state index in [1.807, 2.05) is 6.92 Å². The molecule has 106 valence electrons. The summed E-state index contributed by atoms with van der Waals surface area (Å²) >= 11 is 0. The monoisotopic (exact) mass is 286 g/mol. The summed E-state index contributed by atoms with van der Waals surface area (Å²) in [6.45, 7) is 1.89. The first-order valence-electron chi connectivity index (χ1n) is 6.39. The number of hydrogen-bond donors (Lipinski definition) is 0. The molecule has 0 bridgehead atoms. The fourth-order valence-electron chi connectivity index (χ4n) is 1.80. The maximum absolute atomic E-state index is 12.5. The molecule has 0 fully saturated rings. The lowest BCUT2D eigenvalue weighted by atomic mass is 10.1. The molecule has 2 aromatic carbocycles. The zero-order valence-electron chi connectivity index (χ0n) is 11.4. The molecular formula is C16H13BF2O2. The molecule has 0 radical (unpaired) electrons. The van der Waals surface area contributed by atoms with Crippen LogP contribution in [-0.2, 0) is 4.65 Å². The van der Waals surface area contributed by atoms with Gasteiger partial charge in [-0.2, -0.15) is 0 Å². The van der Waals surface area contributed by atoms with Crippen LogP contribution in [0.5, 0.6) is 0 Å². The Labute approximate surface area is 122 Å². The van der Waals surface area contributed by atoms with Gasteiger partial charge in [0, 0.05) is 17.2 Å². The smallest absolute Gasteiger partial charge is 0.505 e. The van der Waals surface area contributed by atoms with Gasteiger partial charge in [0.05, 0.1) is 0 Å². The van der Waals surface area contributed by atoms with Crippen LogP contribution in [-0.4, -0.2) is 13.3 Å². The SMILES string of the molecule is Cc1ccc(/C(=C/C(=O)c2ccccc2)OB(F)F)cc1. The first-order chi connectivity index (χ1) is 10.1.